The van der Waals surface area contributed by atoms with Crippen LogP contribution in [0.15, 0.2) is 53.5 Å². The van der Waals surface area contributed by atoms with Crippen LogP contribution in [0.25, 0.3) is 6.08 Å². The molecule has 0 amide bonds. The Morgan fingerprint density at radius 3 is 2.70 bits per heavy atom. The van der Waals surface area contributed by atoms with E-state index < -0.39 is 0 Å². The van der Waals surface area contributed by atoms with Gasteiger partial charge in [-0.15, -0.1) is 0 Å². The molecule has 0 saturated carbocycles. The molecule has 1 heterocycles. The summed E-state index contributed by atoms with van der Waals surface area (Å²) in [5.74, 6) is 0.961. The van der Waals surface area contributed by atoms with Gasteiger partial charge in [0.1, 0.15) is 5.75 Å². The first-order valence-electron chi connectivity index (χ1n) is 9.79. The highest BCUT2D eigenvalue weighted by Crippen LogP contribution is 2.23. The predicted molar refractivity (Wildman–Crippen MR) is 111 cm³/mol. The molecule has 0 atom stereocenters. The lowest BCUT2D eigenvalue weighted by molar-refractivity contribution is 0.305. The number of aliphatic imine (C=N–C) groups is 1. The molecule has 0 aromatic heterocycles. The SMILES string of the molecule is CCCCCCOc1ccc2c(c1)CCN=C2C=Cc1ccc(C#N)cc1. The second-order valence-electron chi connectivity index (χ2n) is 6.81. The Morgan fingerprint density at radius 2 is 1.93 bits per heavy atom. The van der Waals surface area contributed by atoms with Crippen molar-refractivity contribution in [1.82, 2.24) is 0 Å². The Morgan fingerprint density at radius 1 is 1.07 bits per heavy atom. The third-order valence-electron chi connectivity index (χ3n) is 4.76. The predicted octanol–water partition coefficient (Wildman–Crippen LogP) is 5.58. The highest BCUT2D eigenvalue weighted by molar-refractivity contribution is 6.12. The number of unbranched alkanes of at least 4 members (excludes halogenated alkanes) is 3. The molecule has 0 fully saturated rings. The van der Waals surface area contributed by atoms with Crippen LogP contribution in [-0.2, 0) is 6.42 Å². The maximum atomic E-state index is 8.89. The number of fused-ring (bicyclic) bond motifs is 1. The fraction of sp³-hybridized carbons (Fsp3) is 0.333. The second kappa shape index (κ2) is 9.73. The molecule has 0 aliphatic carbocycles. The van der Waals surface area contributed by atoms with E-state index in [0.717, 1.165) is 43.0 Å². The molecule has 2 aromatic carbocycles. The van der Waals surface area contributed by atoms with Crippen LogP contribution < -0.4 is 4.74 Å². The van der Waals surface area contributed by atoms with Crippen LogP contribution in [0.2, 0.25) is 0 Å². The zero-order valence-electron chi connectivity index (χ0n) is 15.9. The van der Waals surface area contributed by atoms with Gasteiger partial charge >= 0.3 is 0 Å². The topological polar surface area (TPSA) is 45.4 Å². The summed E-state index contributed by atoms with van der Waals surface area (Å²) in [7, 11) is 0. The van der Waals surface area contributed by atoms with Crippen LogP contribution in [0.3, 0.4) is 0 Å². The van der Waals surface area contributed by atoms with Crippen molar-refractivity contribution in [3.05, 3.63) is 70.8 Å². The van der Waals surface area contributed by atoms with E-state index in [1.165, 1.54) is 30.4 Å². The zero-order valence-corrected chi connectivity index (χ0v) is 15.9. The molecule has 0 saturated heterocycles. The summed E-state index contributed by atoms with van der Waals surface area (Å²) >= 11 is 0. The van der Waals surface area contributed by atoms with Crippen LogP contribution in [0.5, 0.6) is 5.75 Å². The molecule has 0 N–H and O–H groups in total. The molecular weight excluding hydrogens is 332 g/mol. The van der Waals surface area contributed by atoms with E-state index >= 15 is 0 Å². The van der Waals surface area contributed by atoms with E-state index in [0.29, 0.717) is 5.56 Å². The van der Waals surface area contributed by atoms with Crippen LogP contribution in [0.1, 0.15) is 54.9 Å². The molecule has 1 aliphatic heterocycles. The Bertz CT molecular complexity index is 857. The van der Waals surface area contributed by atoms with Crippen molar-refractivity contribution in [2.75, 3.05) is 13.2 Å². The van der Waals surface area contributed by atoms with Crippen LogP contribution in [0, 0.1) is 11.3 Å². The summed E-state index contributed by atoms with van der Waals surface area (Å²) in [5.41, 5.74) is 5.24. The summed E-state index contributed by atoms with van der Waals surface area (Å²) in [4.78, 5) is 4.68. The van der Waals surface area contributed by atoms with E-state index in [1.807, 2.05) is 30.3 Å². The highest BCUT2D eigenvalue weighted by atomic mass is 16.5. The molecule has 2 aromatic rings. The first kappa shape index (κ1) is 18.9. The number of hydrogen-bond donors (Lipinski definition) is 0. The Balaban J connectivity index is 1.65. The monoisotopic (exact) mass is 358 g/mol. The van der Waals surface area contributed by atoms with E-state index in [4.69, 9.17) is 10.00 Å². The van der Waals surface area contributed by atoms with Gasteiger partial charge in [0.25, 0.3) is 0 Å². The van der Waals surface area contributed by atoms with E-state index in [-0.39, 0.29) is 0 Å². The molecular formula is C24H26N2O. The van der Waals surface area contributed by atoms with E-state index in [2.05, 4.69) is 42.3 Å². The Labute approximate surface area is 162 Å². The van der Waals surface area contributed by atoms with E-state index in [1.54, 1.807) is 0 Å². The van der Waals surface area contributed by atoms with Crippen molar-refractivity contribution in [3.8, 4) is 11.8 Å². The number of allylic oxidation sites excluding steroid dienone is 1. The normalized spacial score (nSPS) is 13.1. The van der Waals surface area contributed by atoms with Gasteiger partial charge in [-0.25, -0.2) is 0 Å². The van der Waals surface area contributed by atoms with E-state index in [9.17, 15) is 0 Å². The maximum Gasteiger partial charge on any atom is 0.119 e. The lowest BCUT2D eigenvalue weighted by atomic mass is 9.96. The Kier molecular flexibility index (Phi) is 6.82. The lowest BCUT2D eigenvalue weighted by Crippen LogP contribution is -2.11. The maximum absolute atomic E-state index is 8.89. The summed E-state index contributed by atoms with van der Waals surface area (Å²) in [5, 5.41) is 8.89. The summed E-state index contributed by atoms with van der Waals surface area (Å²) in [6.07, 6.45) is 9.94. The van der Waals surface area contributed by atoms with Gasteiger partial charge < -0.3 is 4.74 Å². The fourth-order valence-corrected chi connectivity index (χ4v) is 3.20. The minimum atomic E-state index is 0.676. The minimum Gasteiger partial charge on any atom is -0.494 e. The summed E-state index contributed by atoms with van der Waals surface area (Å²) < 4.78 is 5.92. The van der Waals surface area contributed by atoms with Gasteiger partial charge in [0.05, 0.1) is 24.0 Å². The first-order chi connectivity index (χ1) is 13.3. The Hall–Kier alpha value is -2.86. The third-order valence-corrected chi connectivity index (χ3v) is 4.76. The number of rotatable bonds is 8. The first-order valence-corrected chi connectivity index (χ1v) is 9.79. The summed E-state index contributed by atoms with van der Waals surface area (Å²) in [6, 6.07) is 16.1. The van der Waals surface area contributed by atoms with Gasteiger partial charge in [0.15, 0.2) is 0 Å². The molecule has 0 spiro atoms. The molecule has 3 rings (SSSR count). The van der Waals surface area contributed by atoms with Gasteiger partial charge in [0.2, 0.25) is 0 Å². The molecule has 0 radical (unpaired) electrons. The number of benzene rings is 2. The summed E-state index contributed by atoms with van der Waals surface area (Å²) in [6.45, 7) is 3.82. The van der Waals surface area contributed by atoms with Gasteiger partial charge in [-0.3, -0.25) is 4.99 Å². The number of hydrogen-bond acceptors (Lipinski definition) is 3. The van der Waals surface area contributed by atoms with Gasteiger partial charge in [-0.1, -0.05) is 44.4 Å². The van der Waals surface area contributed by atoms with Crippen molar-refractivity contribution in [3.63, 3.8) is 0 Å². The molecule has 3 nitrogen and oxygen atoms in total. The zero-order chi connectivity index (χ0) is 18.9. The molecule has 27 heavy (non-hydrogen) atoms. The van der Waals surface area contributed by atoms with Crippen molar-refractivity contribution >= 4 is 11.8 Å². The van der Waals surface area contributed by atoms with Crippen LogP contribution in [0.4, 0.5) is 0 Å². The van der Waals surface area contributed by atoms with Gasteiger partial charge in [-0.2, -0.15) is 5.26 Å². The standard InChI is InChI=1S/C24H26N2O/c1-2-3-4-5-16-27-22-11-12-23-21(17-22)14-15-26-24(23)13-10-19-6-8-20(18-25)9-7-19/h6-13,17H,2-5,14-16H2,1H3. The van der Waals surface area contributed by atoms with Gasteiger partial charge in [0, 0.05) is 12.1 Å². The number of nitriles is 1. The van der Waals surface area contributed by atoms with Crippen molar-refractivity contribution in [2.24, 2.45) is 4.99 Å². The average molecular weight is 358 g/mol. The lowest BCUT2D eigenvalue weighted by Gasteiger charge is -2.16. The fourth-order valence-electron chi connectivity index (χ4n) is 3.20. The van der Waals surface area contributed by atoms with Crippen molar-refractivity contribution < 1.29 is 4.74 Å². The smallest absolute Gasteiger partial charge is 0.119 e. The number of nitrogens with zero attached hydrogens (tertiary/aromatic N) is 2. The quantitative estimate of drug-likeness (QED) is 0.579. The molecule has 3 heteroatoms. The highest BCUT2D eigenvalue weighted by Gasteiger charge is 2.13. The molecule has 0 bridgehead atoms. The van der Waals surface area contributed by atoms with Crippen LogP contribution >= 0.6 is 0 Å². The molecule has 138 valence electrons. The minimum absolute atomic E-state index is 0.676. The largest absolute Gasteiger partial charge is 0.494 e. The number of ether oxygens (including phenoxy) is 1. The second-order valence-corrected chi connectivity index (χ2v) is 6.81. The molecule has 1 aliphatic rings. The molecule has 0 unspecified atom stereocenters. The van der Waals surface area contributed by atoms with Crippen LogP contribution in [-0.4, -0.2) is 18.9 Å². The average Bonchev–Trinajstić information content (AvgIpc) is 2.72. The van der Waals surface area contributed by atoms with Gasteiger partial charge in [-0.05, 0) is 60.4 Å². The van der Waals surface area contributed by atoms with Crippen molar-refractivity contribution in [1.29, 1.82) is 5.26 Å². The van der Waals surface area contributed by atoms with Crippen molar-refractivity contribution in [2.45, 2.75) is 39.0 Å². The third kappa shape index (κ3) is 5.31.